The van der Waals surface area contributed by atoms with Crippen LogP contribution in [0.5, 0.6) is 0 Å². The zero-order chi connectivity index (χ0) is 18.8. The molecule has 0 heteroatoms. The van der Waals surface area contributed by atoms with Crippen LogP contribution in [-0.4, -0.2) is 0 Å². The van der Waals surface area contributed by atoms with Gasteiger partial charge in [0, 0.05) is 5.41 Å². The van der Waals surface area contributed by atoms with E-state index in [4.69, 9.17) is 0 Å². The van der Waals surface area contributed by atoms with Gasteiger partial charge in [0.2, 0.25) is 0 Å². The predicted molar refractivity (Wildman–Crippen MR) is 119 cm³/mol. The maximum absolute atomic E-state index is 2.40. The Labute approximate surface area is 167 Å². The maximum Gasteiger partial charge on any atom is 0.00680 e. The van der Waals surface area contributed by atoms with Gasteiger partial charge in [-0.05, 0) is 52.6 Å². The van der Waals surface area contributed by atoms with Gasteiger partial charge in [-0.2, -0.15) is 0 Å². The molecule has 0 aliphatic heterocycles. The van der Waals surface area contributed by atoms with Gasteiger partial charge in [-0.25, -0.2) is 0 Å². The van der Waals surface area contributed by atoms with Crippen molar-refractivity contribution in [1.82, 2.24) is 0 Å². The Kier molecular flexibility index (Phi) is 4.49. The highest BCUT2D eigenvalue weighted by atomic mass is 14.5. The number of hydrogen-bond donors (Lipinski definition) is 0. The van der Waals surface area contributed by atoms with Crippen LogP contribution in [-0.2, 0) is 11.8 Å². The summed E-state index contributed by atoms with van der Waals surface area (Å²) in [5.41, 5.74) is 4.60. The SMILES string of the molecule is c1ccc(CC2(c3cccc4ccccc34)CCCC2c2ccccc2)cc1. The lowest BCUT2D eigenvalue weighted by atomic mass is 9.65. The van der Waals surface area contributed by atoms with Crippen LogP contribution in [0.25, 0.3) is 10.8 Å². The maximum atomic E-state index is 2.40. The summed E-state index contributed by atoms with van der Waals surface area (Å²) in [5.74, 6) is 0.555. The Hall–Kier alpha value is -2.86. The summed E-state index contributed by atoms with van der Waals surface area (Å²) in [5, 5.41) is 2.77. The fraction of sp³-hybridized carbons (Fsp3) is 0.214. The topological polar surface area (TPSA) is 0 Å². The lowest BCUT2D eigenvalue weighted by molar-refractivity contribution is 0.390. The van der Waals surface area contributed by atoms with Crippen LogP contribution in [0, 0.1) is 0 Å². The van der Waals surface area contributed by atoms with E-state index in [9.17, 15) is 0 Å². The Morgan fingerprint density at radius 2 is 1.36 bits per heavy atom. The highest BCUT2D eigenvalue weighted by Crippen LogP contribution is 2.54. The van der Waals surface area contributed by atoms with Crippen LogP contribution in [0.4, 0.5) is 0 Å². The highest BCUT2D eigenvalue weighted by Gasteiger charge is 2.45. The summed E-state index contributed by atoms with van der Waals surface area (Å²) in [4.78, 5) is 0. The molecule has 0 bridgehead atoms. The van der Waals surface area contributed by atoms with Gasteiger partial charge in [-0.3, -0.25) is 0 Å². The summed E-state index contributed by atoms with van der Waals surface area (Å²) >= 11 is 0. The Bertz CT molecular complexity index is 1060. The average molecular weight is 363 g/mol. The molecule has 28 heavy (non-hydrogen) atoms. The first-order chi connectivity index (χ1) is 13.9. The molecule has 2 atom stereocenters. The molecule has 138 valence electrons. The molecule has 4 aromatic carbocycles. The van der Waals surface area contributed by atoms with Crippen molar-refractivity contribution in [2.75, 3.05) is 0 Å². The van der Waals surface area contributed by atoms with Gasteiger partial charge < -0.3 is 0 Å². The van der Waals surface area contributed by atoms with Gasteiger partial charge in [-0.1, -0.05) is 110 Å². The molecule has 0 N–H and O–H groups in total. The first kappa shape index (κ1) is 17.3. The molecule has 0 heterocycles. The molecule has 1 aliphatic carbocycles. The molecule has 4 aromatic rings. The van der Waals surface area contributed by atoms with E-state index in [0.717, 1.165) is 6.42 Å². The summed E-state index contributed by atoms with van der Waals surface area (Å²) in [6.07, 6.45) is 4.90. The standard InChI is InChI=1S/C28H26/c1-3-11-22(12-4-1)21-28(20-10-19-26(28)24-14-5-2-6-15-24)27-18-9-16-23-13-7-8-17-25(23)27/h1-9,11-18,26H,10,19-21H2. The van der Waals surface area contributed by atoms with E-state index in [0.29, 0.717) is 5.92 Å². The minimum Gasteiger partial charge on any atom is -0.0622 e. The second kappa shape index (κ2) is 7.28. The molecular formula is C28H26. The minimum atomic E-state index is 0.142. The molecule has 1 saturated carbocycles. The quantitative estimate of drug-likeness (QED) is 0.357. The van der Waals surface area contributed by atoms with Crippen LogP contribution >= 0.6 is 0 Å². The van der Waals surface area contributed by atoms with Crippen LogP contribution in [0.3, 0.4) is 0 Å². The third-order valence-electron chi connectivity index (χ3n) is 6.67. The smallest absolute Gasteiger partial charge is 0.00680 e. The molecule has 2 unspecified atom stereocenters. The summed E-state index contributed by atoms with van der Waals surface area (Å²) < 4.78 is 0. The van der Waals surface area contributed by atoms with E-state index in [1.54, 1.807) is 0 Å². The highest BCUT2D eigenvalue weighted by molar-refractivity contribution is 5.87. The van der Waals surface area contributed by atoms with Crippen LogP contribution in [0.1, 0.15) is 41.9 Å². The van der Waals surface area contributed by atoms with E-state index in [1.165, 1.54) is 46.7 Å². The van der Waals surface area contributed by atoms with Crippen molar-refractivity contribution in [3.05, 3.63) is 120 Å². The van der Waals surface area contributed by atoms with Gasteiger partial charge in [-0.15, -0.1) is 0 Å². The molecule has 5 rings (SSSR count). The number of benzene rings is 4. The third-order valence-corrected chi connectivity index (χ3v) is 6.67. The second-order valence-corrected chi connectivity index (χ2v) is 8.20. The van der Waals surface area contributed by atoms with Crippen molar-refractivity contribution < 1.29 is 0 Å². The average Bonchev–Trinajstić information content (AvgIpc) is 3.19. The van der Waals surface area contributed by atoms with Crippen molar-refractivity contribution in [2.24, 2.45) is 0 Å². The fourth-order valence-electron chi connectivity index (χ4n) is 5.49. The number of hydrogen-bond acceptors (Lipinski definition) is 0. The molecule has 0 spiro atoms. The van der Waals surface area contributed by atoms with Crippen LogP contribution in [0.15, 0.2) is 103 Å². The fourth-order valence-corrected chi connectivity index (χ4v) is 5.49. The molecule has 0 nitrogen and oxygen atoms in total. The summed E-state index contributed by atoms with van der Waals surface area (Å²) in [6, 6.07) is 38.1. The van der Waals surface area contributed by atoms with Crippen molar-refractivity contribution in [3.63, 3.8) is 0 Å². The van der Waals surface area contributed by atoms with Gasteiger partial charge in [0.15, 0.2) is 0 Å². The van der Waals surface area contributed by atoms with Gasteiger partial charge in [0.1, 0.15) is 0 Å². The Morgan fingerprint density at radius 3 is 2.18 bits per heavy atom. The van der Waals surface area contributed by atoms with E-state index < -0.39 is 0 Å². The molecular weight excluding hydrogens is 336 g/mol. The Balaban J connectivity index is 1.73. The first-order valence-electron chi connectivity index (χ1n) is 10.4. The lowest BCUT2D eigenvalue weighted by Crippen LogP contribution is -2.32. The van der Waals surface area contributed by atoms with Crippen LogP contribution in [0.2, 0.25) is 0 Å². The molecule has 0 aromatic heterocycles. The molecule has 0 radical (unpaired) electrons. The molecule has 1 fully saturated rings. The zero-order valence-electron chi connectivity index (χ0n) is 16.2. The molecule has 1 aliphatic rings. The van der Waals surface area contributed by atoms with E-state index in [2.05, 4.69) is 103 Å². The minimum absolute atomic E-state index is 0.142. The van der Waals surface area contributed by atoms with Crippen molar-refractivity contribution >= 4 is 10.8 Å². The van der Waals surface area contributed by atoms with E-state index in [-0.39, 0.29) is 5.41 Å². The molecule has 0 amide bonds. The monoisotopic (exact) mass is 362 g/mol. The van der Waals surface area contributed by atoms with Gasteiger partial charge in [0.25, 0.3) is 0 Å². The predicted octanol–water partition coefficient (Wildman–Crippen LogP) is 7.29. The number of rotatable bonds is 4. The Morgan fingerprint density at radius 1 is 0.679 bits per heavy atom. The first-order valence-corrected chi connectivity index (χ1v) is 10.4. The zero-order valence-corrected chi connectivity index (χ0v) is 16.2. The number of fused-ring (bicyclic) bond motifs is 1. The largest absolute Gasteiger partial charge is 0.0622 e. The lowest BCUT2D eigenvalue weighted by Gasteiger charge is -2.38. The van der Waals surface area contributed by atoms with Crippen molar-refractivity contribution in [3.8, 4) is 0 Å². The van der Waals surface area contributed by atoms with Gasteiger partial charge in [0.05, 0.1) is 0 Å². The summed E-state index contributed by atoms with van der Waals surface area (Å²) in [6.45, 7) is 0. The van der Waals surface area contributed by atoms with Crippen molar-refractivity contribution in [2.45, 2.75) is 37.0 Å². The third kappa shape index (κ3) is 2.94. The normalized spacial score (nSPS) is 21.8. The van der Waals surface area contributed by atoms with Crippen molar-refractivity contribution in [1.29, 1.82) is 0 Å². The van der Waals surface area contributed by atoms with Gasteiger partial charge >= 0.3 is 0 Å². The summed E-state index contributed by atoms with van der Waals surface area (Å²) in [7, 11) is 0. The van der Waals surface area contributed by atoms with Crippen LogP contribution < -0.4 is 0 Å². The van der Waals surface area contributed by atoms with E-state index >= 15 is 0 Å². The van der Waals surface area contributed by atoms with E-state index in [1.807, 2.05) is 0 Å². The second-order valence-electron chi connectivity index (χ2n) is 8.20. The molecule has 0 saturated heterocycles.